The van der Waals surface area contributed by atoms with Gasteiger partial charge in [0.15, 0.2) is 0 Å². The molecule has 8 aliphatic carbocycles. The molecule has 0 aliphatic heterocycles. The van der Waals surface area contributed by atoms with Gasteiger partial charge in [0.2, 0.25) is 0 Å². The lowest BCUT2D eigenvalue weighted by atomic mass is 9.50. The Balaban J connectivity index is 0.000000127. The third-order valence-corrected chi connectivity index (χ3v) is 9.79. The molecule has 0 aromatic heterocycles. The van der Waals surface area contributed by atoms with Crippen LogP contribution in [0.3, 0.4) is 0 Å². The van der Waals surface area contributed by atoms with E-state index in [2.05, 4.69) is 0 Å². The van der Waals surface area contributed by atoms with Gasteiger partial charge in [-0.3, -0.25) is 4.18 Å². The molecule has 8 bridgehead atoms. The van der Waals surface area contributed by atoms with E-state index in [9.17, 15) is 13.5 Å². The van der Waals surface area contributed by atoms with Gasteiger partial charge in [-0.25, -0.2) is 0 Å². The molecule has 1 N–H and O–H groups in total. The van der Waals surface area contributed by atoms with Gasteiger partial charge in [-0.1, -0.05) is 0 Å². The van der Waals surface area contributed by atoms with Gasteiger partial charge in [0, 0.05) is 6.61 Å². The van der Waals surface area contributed by atoms with Gasteiger partial charge in [0.25, 0.3) is 10.1 Å². The van der Waals surface area contributed by atoms with Crippen LogP contribution in [0.1, 0.15) is 77.0 Å². The van der Waals surface area contributed by atoms with E-state index in [-0.39, 0.29) is 5.41 Å². The van der Waals surface area contributed by atoms with E-state index in [4.69, 9.17) is 4.18 Å². The van der Waals surface area contributed by atoms with E-state index in [0.29, 0.717) is 18.6 Å². The Labute approximate surface area is 170 Å². The van der Waals surface area contributed by atoms with Crippen LogP contribution in [0.25, 0.3) is 0 Å². The Kier molecular flexibility index (Phi) is 4.92. The number of aliphatic hydroxyl groups is 1. The first kappa shape index (κ1) is 19.8. The van der Waals surface area contributed by atoms with Gasteiger partial charge < -0.3 is 5.11 Å². The summed E-state index contributed by atoms with van der Waals surface area (Å²) in [6, 6.07) is 0. The van der Waals surface area contributed by atoms with Crippen molar-refractivity contribution in [1.29, 1.82) is 0 Å². The predicted molar refractivity (Wildman–Crippen MR) is 109 cm³/mol. The van der Waals surface area contributed by atoms with Crippen molar-refractivity contribution in [1.82, 2.24) is 0 Å². The van der Waals surface area contributed by atoms with Crippen LogP contribution in [0.2, 0.25) is 0 Å². The minimum atomic E-state index is -3.27. The highest BCUT2D eigenvalue weighted by Gasteiger charge is 2.52. The number of rotatable bonds is 4. The van der Waals surface area contributed by atoms with Crippen molar-refractivity contribution in [3.63, 3.8) is 0 Å². The molecule has 0 saturated heterocycles. The highest BCUT2D eigenvalue weighted by Crippen LogP contribution is 2.60. The van der Waals surface area contributed by atoms with Crippen molar-refractivity contribution in [2.75, 3.05) is 19.5 Å². The molecule has 28 heavy (non-hydrogen) atoms. The third kappa shape index (κ3) is 3.92. The highest BCUT2D eigenvalue weighted by molar-refractivity contribution is 7.85. The summed E-state index contributed by atoms with van der Waals surface area (Å²) in [5.74, 6) is 5.54. The van der Waals surface area contributed by atoms with Crippen molar-refractivity contribution in [2.24, 2.45) is 46.3 Å². The Hall–Kier alpha value is -0.130. The third-order valence-electron chi connectivity index (χ3n) is 9.24. The second-order valence-electron chi connectivity index (χ2n) is 12.0. The van der Waals surface area contributed by atoms with Crippen LogP contribution in [0, 0.1) is 46.3 Å². The van der Waals surface area contributed by atoms with E-state index in [1.54, 1.807) is 0 Å². The summed E-state index contributed by atoms with van der Waals surface area (Å²) in [6.45, 7) is 0.909. The molecule has 8 fully saturated rings. The van der Waals surface area contributed by atoms with Crippen LogP contribution in [0.5, 0.6) is 0 Å². The van der Waals surface area contributed by atoms with Crippen molar-refractivity contribution >= 4 is 10.1 Å². The number of hydrogen-bond donors (Lipinski definition) is 1. The lowest BCUT2D eigenvalue weighted by Crippen LogP contribution is -2.48. The summed E-state index contributed by atoms with van der Waals surface area (Å²) in [5, 5.41) is 9.43. The minimum absolute atomic E-state index is 0.206. The quantitative estimate of drug-likeness (QED) is 0.699. The van der Waals surface area contributed by atoms with Crippen molar-refractivity contribution in [3.05, 3.63) is 0 Å². The Morgan fingerprint density at radius 3 is 1.32 bits per heavy atom. The summed E-state index contributed by atoms with van der Waals surface area (Å²) < 4.78 is 27.3. The second-order valence-corrected chi connectivity index (χ2v) is 13.6. The molecule has 0 heterocycles. The highest BCUT2D eigenvalue weighted by atomic mass is 32.2. The normalized spacial score (nSPS) is 50.5. The summed E-state index contributed by atoms with van der Waals surface area (Å²) in [7, 11) is -3.27. The molecular formula is C23H38O4S. The van der Waals surface area contributed by atoms with Gasteiger partial charge in [-0.15, -0.1) is 0 Å². The minimum Gasteiger partial charge on any atom is -0.396 e. The number of hydrogen-bond acceptors (Lipinski definition) is 4. The summed E-state index contributed by atoms with van der Waals surface area (Å²) in [5.41, 5.74) is 0.604. The average molecular weight is 411 g/mol. The van der Waals surface area contributed by atoms with Crippen LogP contribution in [-0.2, 0) is 14.3 Å². The van der Waals surface area contributed by atoms with Crippen LogP contribution < -0.4 is 0 Å². The molecule has 0 aromatic rings. The first-order valence-corrected chi connectivity index (χ1v) is 13.5. The van der Waals surface area contributed by atoms with Crippen LogP contribution in [-0.4, -0.2) is 33.0 Å². The van der Waals surface area contributed by atoms with Crippen molar-refractivity contribution in [2.45, 2.75) is 77.0 Å². The predicted octanol–water partition coefficient (Wildman–Crippen LogP) is 4.37. The molecule has 4 nitrogen and oxygen atoms in total. The lowest BCUT2D eigenvalue weighted by molar-refractivity contribution is -0.0798. The molecule has 0 unspecified atom stereocenters. The van der Waals surface area contributed by atoms with E-state index < -0.39 is 10.1 Å². The Morgan fingerprint density at radius 2 is 1.04 bits per heavy atom. The average Bonchev–Trinajstić information content (AvgIpc) is 2.58. The molecule has 8 saturated carbocycles. The van der Waals surface area contributed by atoms with E-state index >= 15 is 0 Å². The molecular weight excluding hydrogens is 372 g/mol. The molecule has 160 valence electrons. The fraction of sp³-hybridized carbons (Fsp3) is 1.00. The molecule has 0 aromatic carbocycles. The zero-order valence-corrected chi connectivity index (χ0v) is 18.3. The molecule has 0 amide bonds. The molecule has 0 atom stereocenters. The van der Waals surface area contributed by atoms with Gasteiger partial charge in [0.1, 0.15) is 0 Å². The number of aliphatic hydroxyl groups excluding tert-OH is 1. The van der Waals surface area contributed by atoms with Gasteiger partial charge >= 0.3 is 0 Å². The smallest absolute Gasteiger partial charge is 0.264 e. The Morgan fingerprint density at radius 1 is 0.714 bits per heavy atom. The summed E-state index contributed by atoms with van der Waals surface area (Å²) in [4.78, 5) is 0. The van der Waals surface area contributed by atoms with E-state index in [0.717, 1.165) is 41.8 Å². The first-order valence-electron chi connectivity index (χ1n) is 11.7. The standard InChI is InChI=1S/C12H20O3S.C11H18O/c1-16(13,14)15-8-12-5-9-2-10(6-12)4-11(3-9)7-12;12-7-11-4-8-1-9(5-11)3-10(2-8)6-11/h9-11H,2-8H2,1H3;8-10,12H,1-7H2. The molecule has 0 spiro atoms. The molecule has 0 radical (unpaired) electrons. The summed E-state index contributed by atoms with van der Waals surface area (Å²) >= 11 is 0. The van der Waals surface area contributed by atoms with E-state index in [1.807, 2.05) is 0 Å². The fourth-order valence-corrected chi connectivity index (χ4v) is 9.65. The first-order chi connectivity index (χ1) is 13.2. The van der Waals surface area contributed by atoms with E-state index in [1.165, 1.54) is 77.0 Å². The largest absolute Gasteiger partial charge is 0.396 e. The van der Waals surface area contributed by atoms with Gasteiger partial charge in [-0.05, 0) is 123 Å². The summed E-state index contributed by atoms with van der Waals surface area (Å²) in [6.07, 6.45) is 17.4. The molecule has 8 rings (SSSR count). The van der Waals surface area contributed by atoms with Crippen LogP contribution in [0.4, 0.5) is 0 Å². The zero-order chi connectivity index (χ0) is 19.6. The van der Waals surface area contributed by atoms with Crippen LogP contribution >= 0.6 is 0 Å². The maximum absolute atomic E-state index is 11.1. The SMILES string of the molecule is CS(=O)(=O)OCC12CC3CC(CC(C3)C1)C2.OCC12CC3CC(CC(C3)C1)C2. The van der Waals surface area contributed by atoms with Crippen molar-refractivity contribution < 1.29 is 17.7 Å². The second kappa shape index (κ2) is 6.95. The maximum atomic E-state index is 11.1. The van der Waals surface area contributed by atoms with Crippen LogP contribution in [0.15, 0.2) is 0 Å². The van der Waals surface area contributed by atoms with Crippen molar-refractivity contribution in [3.8, 4) is 0 Å². The molecule has 8 aliphatic rings. The fourth-order valence-electron chi connectivity index (χ4n) is 9.18. The maximum Gasteiger partial charge on any atom is 0.264 e. The monoisotopic (exact) mass is 410 g/mol. The zero-order valence-electron chi connectivity index (χ0n) is 17.4. The Bertz CT molecular complexity index is 627. The molecule has 5 heteroatoms. The van der Waals surface area contributed by atoms with Gasteiger partial charge in [-0.2, -0.15) is 8.42 Å². The lowest BCUT2D eigenvalue weighted by Gasteiger charge is -2.56. The van der Waals surface area contributed by atoms with Gasteiger partial charge in [0.05, 0.1) is 12.9 Å². The topological polar surface area (TPSA) is 63.6 Å².